The van der Waals surface area contributed by atoms with Gasteiger partial charge in [-0.3, -0.25) is 19.6 Å². The van der Waals surface area contributed by atoms with Crippen molar-refractivity contribution in [2.45, 2.75) is 24.7 Å². The van der Waals surface area contributed by atoms with Crippen molar-refractivity contribution in [3.05, 3.63) is 38.8 Å². The number of nitrogens with zero attached hydrogens (tertiary/aromatic N) is 1. The number of hydrogen-bond donors (Lipinski definition) is 4. The molecule has 4 N–H and O–H groups in total. The third kappa shape index (κ3) is 2.96. The molecule has 0 amide bonds. The molecule has 20 heavy (non-hydrogen) atoms. The van der Waals surface area contributed by atoms with Crippen LogP contribution in [0.1, 0.15) is 19.0 Å². The van der Waals surface area contributed by atoms with Gasteiger partial charge in [0.05, 0.1) is 0 Å². The van der Waals surface area contributed by atoms with E-state index in [1.54, 1.807) is 6.07 Å². The first kappa shape index (κ1) is 14.1. The third-order valence-corrected chi connectivity index (χ3v) is 3.82. The van der Waals surface area contributed by atoms with Crippen LogP contribution >= 0.6 is 0 Å². The molecule has 2 aromatic rings. The average molecular weight is 299 g/mol. The first-order valence-electron chi connectivity index (χ1n) is 5.81. The Morgan fingerprint density at radius 3 is 2.75 bits per heavy atom. The summed E-state index contributed by atoms with van der Waals surface area (Å²) in [6.07, 6.45) is 2.45. The molecule has 0 saturated heterocycles. The molecular weight excluding hydrogens is 286 g/mol. The van der Waals surface area contributed by atoms with Gasteiger partial charge in [-0.05, 0) is 6.42 Å². The molecule has 0 saturated carbocycles. The first-order chi connectivity index (χ1) is 9.42. The SMILES string of the molecule is CCCc1cc(NS(=O)(=O)c2c[nH]c(=O)[nH]c2=O)n[nH]1. The number of aromatic amines is 3. The second-order valence-corrected chi connectivity index (χ2v) is 5.72. The minimum atomic E-state index is -4.11. The number of anilines is 1. The normalized spacial score (nSPS) is 11.4. The zero-order valence-electron chi connectivity index (χ0n) is 10.6. The standard InChI is InChI=1S/C10H13N5O4S/c1-2-3-6-4-8(14-13-6)15-20(18,19)7-5-11-10(17)12-9(7)16/h4-5H,2-3H2,1H3,(H2,13,14,15)(H2,11,12,16,17). The van der Waals surface area contributed by atoms with Gasteiger partial charge >= 0.3 is 5.69 Å². The van der Waals surface area contributed by atoms with Crippen LogP contribution < -0.4 is 16.0 Å². The molecule has 0 atom stereocenters. The molecule has 0 fully saturated rings. The average Bonchev–Trinajstić information content (AvgIpc) is 2.75. The summed E-state index contributed by atoms with van der Waals surface area (Å²) < 4.78 is 26.1. The predicted molar refractivity (Wildman–Crippen MR) is 71.1 cm³/mol. The van der Waals surface area contributed by atoms with Gasteiger partial charge in [0.1, 0.15) is 0 Å². The van der Waals surface area contributed by atoms with Gasteiger partial charge in [-0.25, -0.2) is 13.2 Å². The van der Waals surface area contributed by atoms with Crippen molar-refractivity contribution in [3.8, 4) is 0 Å². The van der Waals surface area contributed by atoms with Crippen LogP contribution in [0.4, 0.5) is 5.82 Å². The van der Waals surface area contributed by atoms with Gasteiger partial charge in [-0.15, -0.1) is 0 Å². The molecule has 0 aliphatic heterocycles. The molecule has 10 heteroatoms. The molecule has 0 aromatic carbocycles. The Labute approximate surface area is 113 Å². The summed E-state index contributed by atoms with van der Waals surface area (Å²) in [6, 6.07) is 1.54. The van der Waals surface area contributed by atoms with E-state index in [1.807, 2.05) is 11.9 Å². The highest BCUT2D eigenvalue weighted by atomic mass is 32.2. The smallest absolute Gasteiger partial charge is 0.313 e. The first-order valence-corrected chi connectivity index (χ1v) is 7.30. The number of nitrogens with one attached hydrogen (secondary N) is 4. The van der Waals surface area contributed by atoms with Crippen LogP contribution in [0.15, 0.2) is 26.7 Å². The zero-order valence-corrected chi connectivity index (χ0v) is 11.4. The maximum Gasteiger partial charge on any atom is 0.325 e. The van der Waals surface area contributed by atoms with Crippen molar-refractivity contribution in [2.75, 3.05) is 4.72 Å². The molecule has 108 valence electrons. The van der Waals surface area contributed by atoms with Gasteiger partial charge in [0, 0.05) is 18.0 Å². The lowest BCUT2D eigenvalue weighted by Crippen LogP contribution is -2.29. The van der Waals surface area contributed by atoms with E-state index in [2.05, 4.69) is 19.9 Å². The molecular formula is C10H13N5O4S. The second-order valence-electron chi connectivity index (χ2n) is 4.07. The molecule has 0 radical (unpaired) electrons. The highest BCUT2D eigenvalue weighted by molar-refractivity contribution is 7.92. The van der Waals surface area contributed by atoms with Crippen LogP contribution in [0.5, 0.6) is 0 Å². The lowest BCUT2D eigenvalue weighted by molar-refractivity contribution is 0.598. The van der Waals surface area contributed by atoms with Crippen molar-refractivity contribution < 1.29 is 8.42 Å². The molecule has 2 rings (SSSR count). The molecule has 0 aliphatic rings. The number of aromatic nitrogens is 4. The van der Waals surface area contributed by atoms with E-state index in [0.29, 0.717) is 0 Å². The Hall–Kier alpha value is -2.36. The molecule has 2 aromatic heterocycles. The largest absolute Gasteiger partial charge is 0.325 e. The molecule has 0 bridgehead atoms. The van der Waals surface area contributed by atoms with Crippen molar-refractivity contribution in [2.24, 2.45) is 0 Å². The van der Waals surface area contributed by atoms with E-state index in [9.17, 15) is 18.0 Å². The van der Waals surface area contributed by atoms with Crippen LogP contribution in [0.25, 0.3) is 0 Å². The van der Waals surface area contributed by atoms with E-state index < -0.39 is 26.2 Å². The van der Waals surface area contributed by atoms with Gasteiger partial charge in [-0.1, -0.05) is 13.3 Å². The Morgan fingerprint density at radius 2 is 2.10 bits per heavy atom. The van der Waals surface area contributed by atoms with Crippen molar-refractivity contribution in [3.63, 3.8) is 0 Å². The van der Waals surface area contributed by atoms with Crippen molar-refractivity contribution in [1.82, 2.24) is 20.2 Å². The van der Waals surface area contributed by atoms with Crippen LogP contribution in [0, 0.1) is 0 Å². The number of rotatable bonds is 5. The van der Waals surface area contributed by atoms with Crippen LogP contribution in [-0.4, -0.2) is 28.6 Å². The summed E-state index contributed by atoms with van der Waals surface area (Å²) in [5, 5.41) is 6.48. The molecule has 2 heterocycles. The monoisotopic (exact) mass is 299 g/mol. The van der Waals surface area contributed by atoms with E-state index >= 15 is 0 Å². The van der Waals surface area contributed by atoms with Crippen molar-refractivity contribution in [1.29, 1.82) is 0 Å². The minimum absolute atomic E-state index is 0.0825. The van der Waals surface area contributed by atoms with Crippen LogP contribution in [-0.2, 0) is 16.4 Å². The van der Waals surface area contributed by atoms with E-state index in [-0.39, 0.29) is 5.82 Å². The zero-order chi connectivity index (χ0) is 14.8. The predicted octanol–water partition coefficient (Wildman–Crippen LogP) is -0.460. The molecule has 9 nitrogen and oxygen atoms in total. The Kier molecular flexibility index (Phi) is 3.74. The Morgan fingerprint density at radius 1 is 1.35 bits per heavy atom. The van der Waals surface area contributed by atoms with Crippen LogP contribution in [0.2, 0.25) is 0 Å². The maximum atomic E-state index is 12.0. The summed E-state index contributed by atoms with van der Waals surface area (Å²) in [6.45, 7) is 1.98. The Balaban J connectivity index is 2.30. The molecule has 0 unspecified atom stereocenters. The third-order valence-electron chi connectivity index (χ3n) is 2.46. The van der Waals surface area contributed by atoms with Crippen molar-refractivity contribution >= 4 is 15.8 Å². The molecule has 0 aliphatic carbocycles. The highest BCUT2D eigenvalue weighted by Crippen LogP contribution is 2.11. The lowest BCUT2D eigenvalue weighted by atomic mass is 10.2. The summed E-state index contributed by atoms with van der Waals surface area (Å²) in [5.41, 5.74) is -0.995. The summed E-state index contributed by atoms with van der Waals surface area (Å²) in [7, 11) is -4.11. The summed E-state index contributed by atoms with van der Waals surface area (Å²) in [5.74, 6) is 0.0825. The second kappa shape index (κ2) is 5.33. The fourth-order valence-electron chi connectivity index (χ4n) is 1.60. The van der Waals surface area contributed by atoms with Gasteiger partial charge < -0.3 is 4.98 Å². The number of hydrogen-bond acceptors (Lipinski definition) is 5. The fraction of sp³-hybridized carbons (Fsp3) is 0.300. The lowest BCUT2D eigenvalue weighted by Gasteiger charge is -2.03. The maximum absolute atomic E-state index is 12.0. The fourth-order valence-corrected chi connectivity index (χ4v) is 2.60. The minimum Gasteiger partial charge on any atom is -0.313 e. The van der Waals surface area contributed by atoms with Gasteiger partial charge in [0.15, 0.2) is 10.7 Å². The number of H-pyrrole nitrogens is 3. The van der Waals surface area contributed by atoms with Gasteiger partial charge in [0.25, 0.3) is 15.6 Å². The quantitative estimate of drug-likeness (QED) is 0.591. The summed E-state index contributed by atoms with van der Waals surface area (Å²) >= 11 is 0. The topological polar surface area (TPSA) is 141 Å². The highest BCUT2D eigenvalue weighted by Gasteiger charge is 2.20. The Bertz CT molecular complexity index is 816. The van der Waals surface area contributed by atoms with E-state index in [1.165, 1.54) is 0 Å². The number of sulfonamides is 1. The van der Waals surface area contributed by atoms with Gasteiger partial charge in [-0.2, -0.15) is 5.10 Å². The van der Waals surface area contributed by atoms with E-state index in [4.69, 9.17) is 0 Å². The number of aryl methyl sites for hydroxylation is 1. The molecule has 0 spiro atoms. The van der Waals surface area contributed by atoms with Gasteiger partial charge in [0.2, 0.25) is 0 Å². The summed E-state index contributed by atoms with van der Waals surface area (Å²) in [4.78, 5) is 25.7. The van der Waals surface area contributed by atoms with Crippen LogP contribution in [0.3, 0.4) is 0 Å². The van der Waals surface area contributed by atoms with E-state index in [0.717, 1.165) is 24.7 Å².